The van der Waals surface area contributed by atoms with Crippen molar-refractivity contribution >= 4 is 39.6 Å². The number of rotatable bonds is 5. The minimum Gasteiger partial charge on any atom is -0.508 e. The van der Waals surface area contributed by atoms with Gasteiger partial charge in [0, 0.05) is 32.9 Å². The first kappa shape index (κ1) is 37.8. The fourth-order valence-corrected chi connectivity index (χ4v) is 10.6. The van der Waals surface area contributed by atoms with Crippen LogP contribution in [0.1, 0.15) is 73.9 Å². The van der Waals surface area contributed by atoms with Crippen molar-refractivity contribution in [3.05, 3.63) is 159 Å². The predicted molar refractivity (Wildman–Crippen MR) is 232 cm³/mol. The van der Waals surface area contributed by atoms with Gasteiger partial charge in [-0.25, -0.2) is 0 Å². The minimum atomic E-state index is -0.294. The molecular weight excluding hydrogens is 734 g/mol. The average molecular weight is 783 g/mol. The molecule has 0 saturated heterocycles. The van der Waals surface area contributed by atoms with Gasteiger partial charge in [0.05, 0.1) is 5.92 Å². The molecule has 1 heterocycles. The number of fused-ring (bicyclic) bond motifs is 6. The van der Waals surface area contributed by atoms with E-state index < -0.39 is 0 Å². The van der Waals surface area contributed by atoms with Gasteiger partial charge < -0.3 is 27.7 Å². The van der Waals surface area contributed by atoms with Crippen LogP contribution >= 0.6 is 17.7 Å². The van der Waals surface area contributed by atoms with Gasteiger partial charge in [-0.3, -0.25) is 0 Å². The molecule has 2 N–H and O–H groups in total. The summed E-state index contributed by atoms with van der Waals surface area (Å²) in [6.07, 6.45) is 7.05. The van der Waals surface area contributed by atoms with E-state index in [1.807, 2.05) is 64.1 Å². The quantitative estimate of drug-likeness (QED) is 0.169. The molecule has 5 aromatic carbocycles. The highest BCUT2D eigenvalue weighted by molar-refractivity contribution is 7.26. The van der Waals surface area contributed by atoms with Crippen molar-refractivity contribution in [3.63, 3.8) is 0 Å². The van der Waals surface area contributed by atoms with Gasteiger partial charge in [0.25, 0.3) is 9.03 Å². The minimum absolute atomic E-state index is 0.0151. The maximum Gasteiger partial charge on any atom is 0.275 e. The van der Waals surface area contributed by atoms with Crippen LogP contribution in [0.5, 0.6) is 17.2 Å². The number of aryl methyl sites for hydroxylation is 8. The van der Waals surface area contributed by atoms with Gasteiger partial charge in [-0.2, -0.15) is 0 Å². The molecule has 286 valence electrons. The smallest absolute Gasteiger partial charge is 0.275 e. The van der Waals surface area contributed by atoms with Gasteiger partial charge in [0.2, 0.25) is 8.67 Å². The van der Waals surface area contributed by atoms with Crippen molar-refractivity contribution in [1.29, 1.82) is 0 Å². The zero-order chi connectivity index (χ0) is 39.6. The summed E-state index contributed by atoms with van der Waals surface area (Å²) >= 11 is 0. The normalized spacial score (nSPS) is 19.2. The number of aromatic hydroxyl groups is 2. The monoisotopic (exact) mass is 782 g/mol. The van der Waals surface area contributed by atoms with Crippen LogP contribution in [0, 0.1) is 60.8 Å². The van der Waals surface area contributed by atoms with Crippen molar-refractivity contribution in [2.45, 2.75) is 73.6 Å². The van der Waals surface area contributed by atoms with Crippen LogP contribution in [0.3, 0.4) is 0 Å². The van der Waals surface area contributed by atoms with Crippen molar-refractivity contribution in [1.82, 2.24) is 0 Å². The van der Waals surface area contributed by atoms with Crippen LogP contribution < -0.4 is 4.52 Å². The Bertz CT molecular complexity index is 2640. The Morgan fingerprint density at radius 1 is 0.732 bits per heavy atom. The number of benzene rings is 5. The first-order valence-electron chi connectivity index (χ1n) is 19.0. The van der Waals surface area contributed by atoms with Crippen LogP contribution in [0.4, 0.5) is 0 Å². The number of phenols is 2. The SMILES string of the molecule is C=C1C=CC=C(OPOc2c(C)cc(C)cc2-c2cc(C)cc(C)c2O)C2c3c(O)cccc3C3CC132.Cc1cc(C)c2o[pH]oc3c(C)cc(C)cc3c2c1. The molecule has 0 radical (unpaired) electrons. The molecule has 1 fully saturated rings. The van der Waals surface area contributed by atoms with Crippen LogP contribution in [-0.2, 0) is 4.52 Å². The summed E-state index contributed by atoms with van der Waals surface area (Å²) in [5, 5.41) is 24.0. The van der Waals surface area contributed by atoms with E-state index in [9.17, 15) is 10.2 Å². The molecule has 3 aliphatic carbocycles. The first-order chi connectivity index (χ1) is 26.8. The van der Waals surface area contributed by atoms with E-state index in [4.69, 9.17) is 17.4 Å². The molecule has 0 amide bonds. The maximum atomic E-state index is 10.9. The fourth-order valence-electron chi connectivity index (χ4n) is 9.22. The second-order valence-corrected chi connectivity index (χ2v) is 17.0. The number of hydrogen-bond donors (Lipinski definition) is 2. The molecule has 1 aromatic heterocycles. The topological polar surface area (TPSA) is 85.2 Å². The van der Waals surface area contributed by atoms with E-state index in [0.717, 1.165) is 89.8 Å². The molecule has 6 aromatic rings. The van der Waals surface area contributed by atoms with E-state index in [-0.39, 0.29) is 34.8 Å². The summed E-state index contributed by atoms with van der Waals surface area (Å²) in [5.74, 6) is 2.33. The Morgan fingerprint density at radius 3 is 1.98 bits per heavy atom. The number of allylic oxidation sites excluding steroid dienone is 5. The molecule has 9 rings (SSSR count). The summed E-state index contributed by atoms with van der Waals surface area (Å²) in [5.41, 5.74) is 15.4. The maximum absolute atomic E-state index is 10.9. The standard InChI is InChI=1S/C32H31O4P.C16H17O2P/c1-17-12-19(3)30(34)23(14-17)24-15-18(2)13-20(4)31(24)36-37-35-27-11-6-8-21(5)32-16-25(32)22-9-7-10-26(33)28(22)29(27)32;1-9-5-11(3)15-13(7-9)14-8-10(2)6-12(4)16(14)18-19-17-15/h6-15,25,29,33-34,37H,5,16H2,1-4H3;5-8,19H,1-4H3. The molecule has 4 atom stereocenters. The van der Waals surface area contributed by atoms with Crippen molar-refractivity contribution in [2.24, 2.45) is 5.41 Å². The largest absolute Gasteiger partial charge is 0.508 e. The molecule has 1 saturated carbocycles. The van der Waals surface area contributed by atoms with Crippen LogP contribution in [-0.4, -0.2) is 10.2 Å². The Kier molecular flexibility index (Phi) is 9.72. The lowest BCUT2D eigenvalue weighted by Crippen LogP contribution is -2.15. The summed E-state index contributed by atoms with van der Waals surface area (Å²) in [6, 6.07) is 22.6. The summed E-state index contributed by atoms with van der Waals surface area (Å²) in [4.78, 5) is 0. The average Bonchev–Trinajstić information content (AvgIpc) is 3.87. The van der Waals surface area contributed by atoms with Crippen LogP contribution in [0.25, 0.3) is 33.1 Å². The van der Waals surface area contributed by atoms with E-state index in [1.165, 1.54) is 16.7 Å². The second-order valence-electron chi connectivity index (χ2n) is 15.9. The third-order valence-corrected chi connectivity index (χ3v) is 12.8. The third kappa shape index (κ3) is 6.43. The Labute approximate surface area is 332 Å². The van der Waals surface area contributed by atoms with Gasteiger partial charge in [-0.15, -0.1) is 0 Å². The highest BCUT2D eigenvalue weighted by Crippen LogP contribution is 2.78. The lowest BCUT2D eigenvalue weighted by Gasteiger charge is -2.27. The molecular formula is C48H48O6P2. The Hall–Kier alpha value is -5.15. The van der Waals surface area contributed by atoms with Crippen molar-refractivity contribution in [3.8, 4) is 28.4 Å². The number of hydrogen-bond acceptors (Lipinski definition) is 6. The van der Waals surface area contributed by atoms with Gasteiger partial charge in [-0.1, -0.05) is 55.1 Å². The van der Waals surface area contributed by atoms with Gasteiger partial charge in [0.1, 0.15) is 34.2 Å². The molecule has 4 unspecified atom stereocenters. The molecule has 8 heteroatoms. The van der Waals surface area contributed by atoms with Crippen LogP contribution in [0.2, 0.25) is 0 Å². The van der Waals surface area contributed by atoms with E-state index >= 15 is 0 Å². The lowest BCUT2D eigenvalue weighted by molar-refractivity contribution is 0.348. The zero-order valence-corrected chi connectivity index (χ0v) is 35.2. The molecule has 0 bridgehead atoms. The summed E-state index contributed by atoms with van der Waals surface area (Å²) in [6.45, 7) is 20.8. The Morgan fingerprint density at radius 2 is 1.32 bits per heavy atom. The second kappa shape index (κ2) is 14.4. The molecule has 6 nitrogen and oxygen atoms in total. The van der Waals surface area contributed by atoms with Crippen LogP contribution in [0.15, 0.2) is 111 Å². The van der Waals surface area contributed by atoms with Crippen molar-refractivity contribution in [2.75, 3.05) is 0 Å². The number of phenolic OH excluding ortho intramolecular Hbond substituents is 2. The Balaban J connectivity index is 0.000000194. The van der Waals surface area contributed by atoms with Crippen molar-refractivity contribution < 1.29 is 27.7 Å². The van der Waals surface area contributed by atoms with Gasteiger partial charge >= 0.3 is 0 Å². The predicted octanol–water partition coefficient (Wildman–Crippen LogP) is 13.8. The van der Waals surface area contributed by atoms with E-state index in [2.05, 4.69) is 76.7 Å². The molecule has 0 aliphatic heterocycles. The highest BCUT2D eigenvalue weighted by atomic mass is 31.1. The third-order valence-electron chi connectivity index (χ3n) is 11.6. The molecule has 3 aliphatic rings. The zero-order valence-electron chi connectivity index (χ0n) is 33.2. The summed E-state index contributed by atoms with van der Waals surface area (Å²) in [7, 11) is -0.279. The fraction of sp³-hybridized carbons (Fsp3) is 0.250. The van der Waals surface area contributed by atoms with E-state index in [0.29, 0.717) is 17.4 Å². The lowest BCUT2D eigenvalue weighted by atomic mass is 9.81. The van der Waals surface area contributed by atoms with Gasteiger partial charge in [-0.05, 0) is 160 Å². The van der Waals surface area contributed by atoms with E-state index in [1.54, 1.807) is 6.07 Å². The summed E-state index contributed by atoms with van der Waals surface area (Å²) < 4.78 is 24.4. The first-order valence-corrected chi connectivity index (χ1v) is 20.6. The highest BCUT2D eigenvalue weighted by Gasteiger charge is 2.68. The molecule has 1 spiro atoms. The molecule has 56 heavy (non-hydrogen) atoms. The van der Waals surface area contributed by atoms with Gasteiger partial charge in [0.15, 0.2) is 0 Å².